The van der Waals surface area contributed by atoms with Gasteiger partial charge in [-0.3, -0.25) is 27.1 Å². The van der Waals surface area contributed by atoms with E-state index in [0.717, 1.165) is 22.3 Å². The van der Waals surface area contributed by atoms with Crippen molar-refractivity contribution in [2.45, 2.75) is 33.0 Å². The molecule has 0 saturated carbocycles. The number of hydrogen-bond donors (Lipinski definition) is 1. The standard InChI is InChI=1S/C38H40ClN5O8P2/c1-40-36-35-37(43-38(39)42-36)44(29-41-35)22-34(27-51-53(45,47-23-30-14-6-2-7-15-30)48-24-31-16-8-3-9-17-31)28-52-54(46,49-25-32-18-10-4-11-19-32)50-26-33-20-12-5-13-21-33/h2-21,29,34H,22-28H2,1H3,(H,40,42,43). The van der Waals surface area contributed by atoms with Gasteiger partial charge in [0.1, 0.15) is 0 Å². The summed E-state index contributed by atoms with van der Waals surface area (Å²) in [5.74, 6) is -0.217. The van der Waals surface area contributed by atoms with Crippen LogP contribution in [0.1, 0.15) is 22.3 Å². The second kappa shape index (κ2) is 19.4. The molecule has 0 unspecified atom stereocenters. The third-order valence-electron chi connectivity index (χ3n) is 7.99. The summed E-state index contributed by atoms with van der Waals surface area (Å²) in [7, 11) is -6.70. The lowest BCUT2D eigenvalue weighted by atomic mass is 10.2. The Morgan fingerprint density at radius 2 is 1.00 bits per heavy atom. The Morgan fingerprint density at radius 1 is 0.611 bits per heavy atom. The van der Waals surface area contributed by atoms with Crippen LogP contribution in [0.3, 0.4) is 0 Å². The first-order valence-electron chi connectivity index (χ1n) is 17.1. The number of aromatic nitrogens is 4. The van der Waals surface area contributed by atoms with Crippen LogP contribution in [-0.2, 0) is 69.2 Å². The third-order valence-corrected chi connectivity index (χ3v) is 10.9. The van der Waals surface area contributed by atoms with E-state index in [0.29, 0.717) is 17.0 Å². The van der Waals surface area contributed by atoms with Crippen LogP contribution in [0.4, 0.5) is 5.82 Å². The highest BCUT2D eigenvalue weighted by atomic mass is 35.5. The van der Waals surface area contributed by atoms with Crippen LogP contribution in [0, 0.1) is 5.92 Å². The Kier molecular flexibility index (Phi) is 14.1. The highest BCUT2D eigenvalue weighted by molar-refractivity contribution is 7.48. The molecule has 0 aliphatic rings. The molecular weight excluding hydrogens is 752 g/mol. The SMILES string of the molecule is CNc1nc(Cl)nc2c1ncn2CC(COP(=O)(OCc1ccccc1)OCc1ccccc1)COP(=O)(OCc1ccccc1)OCc1ccccc1. The zero-order valence-electron chi connectivity index (χ0n) is 29.5. The van der Waals surface area contributed by atoms with Crippen molar-refractivity contribution in [1.29, 1.82) is 0 Å². The summed E-state index contributed by atoms with van der Waals surface area (Å²) in [6.45, 7) is -0.430. The fourth-order valence-electron chi connectivity index (χ4n) is 5.19. The smallest absolute Gasteiger partial charge is 0.371 e. The molecule has 0 amide bonds. The van der Waals surface area contributed by atoms with E-state index in [4.69, 9.17) is 38.7 Å². The average molecular weight is 792 g/mol. The molecule has 6 aromatic rings. The number of phosphoric ester groups is 2. The number of halogens is 1. The zero-order chi connectivity index (χ0) is 37.6. The molecule has 13 nitrogen and oxygen atoms in total. The number of phosphoric acid groups is 2. The molecular formula is C38H40ClN5O8P2. The minimum atomic E-state index is -4.20. The number of anilines is 1. The van der Waals surface area contributed by atoms with Crippen molar-refractivity contribution >= 4 is 44.2 Å². The molecule has 4 aromatic carbocycles. The largest absolute Gasteiger partial charge is 0.475 e. The van der Waals surface area contributed by atoms with Crippen LogP contribution in [0.2, 0.25) is 5.28 Å². The summed E-state index contributed by atoms with van der Waals surface area (Å²) in [5.41, 5.74) is 4.01. The number of nitrogens with zero attached hydrogens (tertiary/aromatic N) is 4. The zero-order valence-corrected chi connectivity index (χ0v) is 32.0. The first-order valence-corrected chi connectivity index (χ1v) is 20.4. The normalized spacial score (nSPS) is 12.1. The third kappa shape index (κ3) is 11.6. The van der Waals surface area contributed by atoms with Crippen LogP contribution in [-0.4, -0.2) is 39.8 Å². The van der Waals surface area contributed by atoms with Crippen LogP contribution < -0.4 is 5.32 Å². The summed E-state index contributed by atoms with van der Waals surface area (Å²) in [6.07, 6.45) is 1.57. The Balaban J connectivity index is 1.25. The summed E-state index contributed by atoms with van der Waals surface area (Å²) >= 11 is 6.26. The van der Waals surface area contributed by atoms with E-state index in [1.54, 1.807) is 17.9 Å². The fourth-order valence-corrected chi connectivity index (χ4v) is 7.81. The van der Waals surface area contributed by atoms with Crippen molar-refractivity contribution in [3.05, 3.63) is 155 Å². The molecule has 0 bridgehead atoms. The minimum Gasteiger partial charge on any atom is -0.371 e. The van der Waals surface area contributed by atoms with Gasteiger partial charge in [-0.1, -0.05) is 121 Å². The molecule has 0 spiro atoms. The van der Waals surface area contributed by atoms with E-state index in [2.05, 4.69) is 20.3 Å². The molecule has 282 valence electrons. The van der Waals surface area contributed by atoms with Gasteiger partial charge in [0.2, 0.25) is 5.28 Å². The van der Waals surface area contributed by atoms with E-state index in [1.165, 1.54) is 0 Å². The molecule has 0 aliphatic carbocycles. The quantitative estimate of drug-likeness (QED) is 0.0548. The van der Waals surface area contributed by atoms with E-state index in [9.17, 15) is 9.13 Å². The molecule has 0 atom stereocenters. The van der Waals surface area contributed by atoms with Crippen molar-refractivity contribution < 1.29 is 36.3 Å². The minimum absolute atomic E-state index is 0.0129. The first-order chi connectivity index (χ1) is 26.3. The number of fused-ring (bicyclic) bond motifs is 1. The summed E-state index contributed by atoms with van der Waals surface area (Å²) in [6, 6.07) is 37.1. The van der Waals surface area contributed by atoms with Gasteiger partial charge in [-0.2, -0.15) is 9.97 Å². The van der Waals surface area contributed by atoms with E-state index >= 15 is 0 Å². The van der Waals surface area contributed by atoms with Crippen LogP contribution in [0.25, 0.3) is 11.2 Å². The van der Waals surface area contributed by atoms with Gasteiger partial charge in [0.05, 0.1) is 46.0 Å². The maximum atomic E-state index is 14.3. The summed E-state index contributed by atoms with van der Waals surface area (Å²) < 4.78 is 65.8. The first kappa shape index (κ1) is 39.4. The average Bonchev–Trinajstić information content (AvgIpc) is 3.62. The molecule has 2 heterocycles. The molecule has 0 fully saturated rings. The van der Waals surface area contributed by atoms with Crippen LogP contribution in [0.5, 0.6) is 0 Å². The lowest BCUT2D eigenvalue weighted by Gasteiger charge is -2.24. The lowest BCUT2D eigenvalue weighted by molar-refractivity contribution is 0.0583. The van der Waals surface area contributed by atoms with Crippen molar-refractivity contribution in [3.63, 3.8) is 0 Å². The Hall–Kier alpha value is -4.26. The maximum Gasteiger partial charge on any atom is 0.475 e. The number of benzene rings is 4. The maximum absolute atomic E-state index is 14.3. The lowest BCUT2D eigenvalue weighted by Crippen LogP contribution is -2.22. The van der Waals surface area contributed by atoms with Gasteiger partial charge in [0.15, 0.2) is 17.0 Å². The predicted molar refractivity (Wildman–Crippen MR) is 205 cm³/mol. The Bertz CT molecular complexity index is 1950. The van der Waals surface area contributed by atoms with Gasteiger partial charge in [-0.05, 0) is 33.9 Å². The van der Waals surface area contributed by atoms with Gasteiger partial charge in [0, 0.05) is 19.5 Å². The van der Waals surface area contributed by atoms with E-state index < -0.39 is 21.6 Å². The molecule has 6 rings (SSSR count). The second-order valence-corrected chi connectivity index (χ2v) is 15.7. The molecule has 0 saturated heterocycles. The monoisotopic (exact) mass is 791 g/mol. The topological polar surface area (TPSA) is 145 Å². The highest BCUT2D eigenvalue weighted by Gasteiger charge is 2.33. The van der Waals surface area contributed by atoms with Gasteiger partial charge in [0.25, 0.3) is 0 Å². The fraction of sp³-hybridized carbons (Fsp3) is 0.237. The molecule has 2 aromatic heterocycles. The van der Waals surface area contributed by atoms with E-state index in [-0.39, 0.29) is 51.5 Å². The number of hydrogen-bond acceptors (Lipinski definition) is 12. The number of rotatable bonds is 21. The molecule has 0 radical (unpaired) electrons. The predicted octanol–water partition coefficient (Wildman–Crippen LogP) is 9.25. The number of imidazole rings is 1. The van der Waals surface area contributed by atoms with Crippen LogP contribution in [0.15, 0.2) is 128 Å². The van der Waals surface area contributed by atoms with Crippen molar-refractivity contribution in [1.82, 2.24) is 19.5 Å². The van der Waals surface area contributed by atoms with Gasteiger partial charge in [-0.25, -0.2) is 14.1 Å². The van der Waals surface area contributed by atoms with Crippen molar-refractivity contribution in [2.24, 2.45) is 5.92 Å². The van der Waals surface area contributed by atoms with Crippen LogP contribution >= 0.6 is 27.2 Å². The van der Waals surface area contributed by atoms with Crippen molar-refractivity contribution in [3.8, 4) is 0 Å². The second-order valence-electron chi connectivity index (χ2n) is 12.0. The Morgan fingerprint density at radius 3 is 1.37 bits per heavy atom. The van der Waals surface area contributed by atoms with Crippen molar-refractivity contribution in [2.75, 3.05) is 25.6 Å². The summed E-state index contributed by atoms with van der Waals surface area (Å²) in [5, 5.41) is 2.99. The van der Waals surface area contributed by atoms with E-state index in [1.807, 2.05) is 121 Å². The molecule has 54 heavy (non-hydrogen) atoms. The van der Waals surface area contributed by atoms with Gasteiger partial charge >= 0.3 is 15.6 Å². The Labute approximate surface area is 318 Å². The molecule has 16 heteroatoms. The van der Waals surface area contributed by atoms with Gasteiger partial charge < -0.3 is 9.88 Å². The number of nitrogens with one attached hydrogen (secondary N) is 1. The summed E-state index contributed by atoms with van der Waals surface area (Å²) in [4.78, 5) is 13.1. The highest BCUT2D eigenvalue weighted by Crippen LogP contribution is 2.53. The van der Waals surface area contributed by atoms with Gasteiger partial charge in [-0.15, -0.1) is 0 Å². The molecule has 0 aliphatic heterocycles. The molecule has 1 N–H and O–H groups in total.